The van der Waals surface area contributed by atoms with Gasteiger partial charge in [0.15, 0.2) is 0 Å². The summed E-state index contributed by atoms with van der Waals surface area (Å²) in [5, 5.41) is 15.2. The summed E-state index contributed by atoms with van der Waals surface area (Å²) < 4.78 is 5.23. The molecule has 1 fully saturated rings. The van der Waals surface area contributed by atoms with Crippen LogP contribution in [-0.2, 0) is 14.3 Å². The van der Waals surface area contributed by atoms with Gasteiger partial charge in [-0.15, -0.1) is 0 Å². The first-order chi connectivity index (χ1) is 14.4. The van der Waals surface area contributed by atoms with Crippen molar-refractivity contribution in [3.05, 3.63) is 35.4 Å². The van der Waals surface area contributed by atoms with E-state index in [4.69, 9.17) is 4.74 Å². The molecule has 0 heterocycles. The maximum absolute atomic E-state index is 13.5. The molecule has 1 aromatic carbocycles. The van der Waals surface area contributed by atoms with E-state index in [1.165, 1.54) is 4.90 Å². The molecule has 1 aliphatic carbocycles. The quantitative estimate of drug-likeness (QED) is 0.584. The Kier molecular flexibility index (Phi) is 8.06. The molecule has 0 bridgehead atoms. The number of hydrogen-bond acceptors (Lipinski definition) is 5. The van der Waals surface area contributed by atoms with E-state index in [0.29, 0.717) is 0 Å². The molecule has 0 aromatic heterocycles. The van der Waals surface area contributed by atoms with Crippen molar-refractivity contribution in [3.8, 4) is 0 Å². The highest BCUT2D eigenvalue weighted by molar-refractivity contribution is 5.93. The molecule has 8 heteroatoms. The topological polar surface area (TPSA) is 108 Å². The number of hydrogen-bond donors (Lipinski definition) is 3. The smallest absolute Gasteiger partial charge is 0.408 e. The average molecular weight is 434 g/mol. The van der Waals surface area contributed by atoms with Crippen molar-refractivity contribution in [2.24, 2.45) is 0 Å². The average Bonchev–Trinajstić information content (AvgIpc) is 3.47. The Labute approximate surface area is 184 Å². The van der Waals surface area contributed by atoms with Crippen LogP contribution in [0.25, 0.3) is 0 Å². The largest absolute Gasteiger partial charge is 0.444 e. The number of benzene rings is 1. The number of nitrogens with zero attached hydrogens (tertiary/aromatic N) is 1. The van der Waals surface area contributed by atoms with Crippen LogP contribution in [0.15, 0.2) is 24.3 Å². The third-order valence-electron chi connectivity index (χ3n) is 4.81. The monoisotopic (exact) mass is 433 g/mol. The minimum absolute atomic E-state index is 0.108. The van der Waals surface area contributed by atoms with Crippen molar-refractivity contribution in [1.82, 2.24) is 15.5 Å². The van der Waals surface area contributed by atoms with Crippen LogP contribution in [0.1, 0.15) is 64.6 Å². The molecule has 172 valence electrons. The zero-order valence-electron chi connectivity index (χ0n) is 19.3. The van der Waals surface area contributed by atoms with Gasteiger partial charge in [-0.05, 0) is 65.5 Å². The zero-order chi connectivity index (χ0) is 23.3. The lowest BCUT2D eigenvalue weighted by molar-refractivity contribution is -0.144. The van der Waals surface area contributed by atoms with Gasteiger partial charge in [-0.2, -0.15) is 0 Å². The maximum Gasteiger partial charge on any atom is 0.408 e. The van der Waals surface area contributed by atoms with E-state index < -0.39 is 36.3 Å². The standard InChI is InChI=1S/C23H35N3O5/c1-14(2)24-20(28)19(17-10-8-7-9-15(17)3)26(16-11-12-16)21(29)18(13-27)25-22(30)31-23(4,5)6/h7-10,14,16,18-19,27H,11-13H2,1-6H3,(H,24,28)(H,25,30). The van der Waals surface area contributed by atoms with Gasteiger partial charge in [0.1, 0.15) is 17.7 Å². The molecule has 2 atom stereocenters. The fourth-order valence-corrected chi connectivity index (χ4v) is 3.36. The molecule has 31 heavy (non-hydrogen) atoms. The summed E-state index contributed by atoms with van der Waals surface area (Å²) in [6.07, 6.45) is 0.719. The van der Waals surface area contributed by atoms with Crippen molar-refractivity contribution in [2.75, 3.05) is 6.61 Å². The Morgan fingerprint density at radius 3 is 2.26 bits per heavy atom. The number of aryl methyl sites for hydroxylation is 1. The molecule has 1 saturated carbocycles. The molecular formula is C23H35N3O5. The lowest BCUT2D eigenvalue weighted by Gasteiger charge is -2.35. The Morgan fingerprint density at radius 2 is 1.77 bits per heavy atom. The zero-order valence-corrected chi connectivity index (χ0v) is 19.3. The lowest BCUT2D eigenvalue weighted by Crippen LogP contribution is -2.55. The number of nitrogens with one attached hydrogen (secondary N) is 2. The predicted molar refractivity (Wildman–Crippen MR) is 117 cm³/mol. The van der Waals surface area contributed by atoms with Crippen molar-refractivity contribution < 1.29 is 24.2 Å². The Hall–Kier alpha value is -2.61. The van der Waals surface area contributed by atoms with E-state index in [1.807, 2.05) is 45.0 Å². The minimum Gasteiger partial charge on any atom is -0.444 e. The highest BCUT2D eigenvalue weighted by atomic mass is 16.6. The first-order valence-corrected chi connectivity index (χ1v) is 10.7. The number of carbonyl (C=O) groups is 3. The lowest BCUT2D eigenvalue weighted by atomic mass is 9.97. The molecule has 0 aliphatic heterocycles. The summed E-state index contributed by atoms with van der Waals surface area (Å²) in [5.74, 6) is -0.804. The number of alkyl carbamates (subject to hydrolysis) is 1. The highest BCUT2D eigenvalue weighted by Gasteiger charge is 2.44. The van der Waals surface area contributed by atoms with Crippen molar-refractivity contribution >= 4 is 17.9 Å². The number of rotatable bonds is 8. The first kappa shape index (κ1) is 24.7. The van der Waals surface area contributed by atoms with Gasteiger partial charge < -0.3 is 25.4 Å². The number of amides is 3. The van der Waals surface area contributed by atoms with Crippen molar-refractivity contribution in [2.45, 2.75) is 84.2 Å². The number of aliphatic hydroxyl groups is 1. The summed E-state index contributed by atoms with van der Waals surface area (Å²) >= 11 is 0. The molecule has 8 nitrogen and oxygen atoms in total. The highest BCUT2D eigenvalue weighted by Crippen LogP contribution is 2.36. The van der Waals surface area contributed by atoms with Crippen LogP contribution in [0.5, 0.6) is 0 Å². The Bertz CT molecular complexity index is 799. The van der Waals surface area contributed by atoms with Gasteiger partial charge in [-0.3, -0.25) is 9.59 Å². The van der Waals surface area contributed by atoms with E-state index in [1.54, 1.807) is 20.8 Å². The molecule has 0 radical (unpaired) electrons. The summed E-state index contributed by atoms with van der Waals surface area (Å²) in [4.78, 5) is 40.4. The van der Waals surface area contributed by atoms with E-state index >= 15 is 0 Å². The first-order valence-electron chi connectivity index (χ1n) is 10.7. The normalized spacial score (nSPS) is 15.7. The van der Waals surface area contributed by atoms with Crippen molar-refractivity contribution in [1.29, 1.82) is 0 Å². The molecule has 1 aliphatic rings. The Morgan fingerprint density at radius 1 is 1.16 bits per heavy atom. The molecule has 2 rings (SSSR count). The second kappa shape index (κ2) is 10.1. The Balaban J connectivity index is 2.38. The minimum atomic E-state index is -1.21. The fourth-order valence-electron chi connectivity index (χ4n) is 3.36. The summed E-state index contributed by atoms with van der Waals surface area (Å²) in [7, 11) is 0. The summed E-state index contributed by atoms with van der Waals surface area (Å²) in [6.45, 7) is 10.1. The van der Waals surface area contributed by atoms with E-state index in [0.717, 1.165) is 24.0 Å². The number of aliphatic hydroxyl groups excluding tert-OH is 1. The van der Waals surface area contributed by atoms with E-state index in [2.05, 4.69) is 10.6 Å². The molecule has 2 unspecified atom stereocenters. The molecule has 3 N–H and O–H groups in total. The van der Waals surface area contributed by atoms with E-state index in [9.17, 15) is 19.5 Å². The third-order valence-corrected chi connectivity index (χ3v) is 4.81. The van der Waals surface area contributed by atoms with Crippen LogP contribution in [0.3, 0.4) is 0 Å². The molecule has 1 aromatic rings. The van der Waals surface area contributed by atoms with Gasteiger partial charge >= 0.3 is 6.09 Å². The molecule has 3 amide bonds. The fraction of sp³-hybridized carbons (Fsp3) is 0.609. The number of ether oxygens (including phenoxy) is 1. The van der Waals surface area contributed by atoms with Gasteiger partial charge in [-0.25, -0.2) is 4.79 Å². The van der Waals surface area contributed by atoms with Crippen LogP contribution in [0.4, 0.5) is 4.79 Å². The SMILES string of the molecule is Cc1ccccc1C(C(=O)NC(C)C)N(C(=O)C(CO)NC(=O)OC(C)(C)C)C1CC1. The number of carbonyl (C=O) groups excluding carboxylic acids is 3. The van der Waals surface area contributed by atoms with Gasteiger partial charge in [0.05, 0.1) is 6.61 Å². The molecule has 0 saturated heterocycles. The van der Waals surface area contributed by atoms with Crippen molar-refractivity contribution in [3.63, 3.8) is 0 Å². The van der Waals surface area contributed by atoms with Gasteiger partial charge in [0.25, 0.3) is 0 Å². The van der Waals surface area contributed by atoms with Gasteiger partial charge in [0, 0.05) is 12.1 Å². The van der Waals surface area contributed by atoms with Gasteiger partial charge in [0.2, 0.25) is 11.8 Å². The maximum atomic E-state index is 13.5. The summed E-state index contributed by atoms with van der Waals surface area (Å²) in [5.41, 5.74) is 0.852. The van der Waals surface area contributed by atoms with Crippen LogP contribution in [0.2, 0.25) is 0 Å². The van der Waals surface area contributed by atoms with Gasteiger partial charge in [-0.1, -0.05) is 24.3 Å². The van der Waals surface area contributed by atoms with Crippen LogP contribution in [-0.4, -0.2) is 58.2 Å². The summed E-state index contributed by atoms with van der Waals surface area (Å²) in [6, 6.07) is 5.11. The van der Waals surface area contributed by atoms with Crippen LogP contribution < -0.4 is 10.6 Å². The molecular weight excluding hydrogens is 398 g/mol. The van der Waals surface area contributed by atoms with E-state index in [-0.39, 0.29) is 18.0 Å². The third kappa shape index (κ3) is 6.95. The molecule has 0 spiro atoms. The second-order valence-electron chi connectivity index (χ2n) is 9.28. The predicted octanol–water partition coefficient (Wildman–Crippen LogP) is 2.44. The van der Waals surface area contributed by atoms with Crippen LogP contribution >= 0.6 is 0 Å². The van der Waals surface area contributed by atoms with Crippen LogP contribution in [0, 0.1) is 6.92 Å². The second-order valence-corrected chi connectivity index (χ2v) is 9.28.